The lowest BCUT2D eigenvalue weighted by molar-refractivity contribution is -0.670. The molecule has 3 heteroatoms. The van der Waals surface area contributed by atoms with Crippen molar-refractivity contribution < 1.29 is 33.0 Å². The maximum Gasteiger partial charge on any atom is 0.212 e. The van der Waals surface area contributed by atoms with Crippen molar-refractivity contribution in [2.24, 2.45) is 7.05 Å². The number of aromatic nitrogens is 1. The molecule has 2 aromatic rings. The van der Waals surface area contributed by atoms with Crippen molar-refractivity contribution in [2.45, 2.75) is 0 Å². The summed E-state index contributed by atoms with van der Waals surface area (Å²) >= 11 is 0. The molecular weight excluding hydrogens is 253 g/mol. The van der Waals surface area contributed by atoms with Crippen LogP contribution in [0.4, 0.5) is 0 Å². The van der Waals surface area contributed by atoms with Gasteiger partial charge in [-0.3, -0.25) is 0 Å². The summed E-state index contributed by atoms with van der Waals surface area (Å²) in [5.41, 5.74) is 0.935. The van der Waals surface area contributed by atoms with Crippen molar-refractivity contribution in [2.75, 3.05) is 0 Å². The lowest BCUT2D eigenvalue weighted by Crippen LogP contribution is -3.00. The monoisotopic (exact) mass is 261 g/mol. The highest BCUT2D eigenvalue weighted by Crippen LogP contribution is 2.10. The van der Waals surface area contributed by atoms with Gasteiger partial charge in [0.05, 0.1) is 6.26 Å². The van der Waals surface area contributed by atoms with Gasteiger partial charge in [-0.25, -0.2) is 4.57 Å². The van der Waals surface area contributed by atoms with Gasteiger partial charge in [-0.15, -0.1) is 0 Å². The fourth-order valence-electron chi connectivity index (χ4n) is 0.999. The molecule has 0 radical (unpaired) electrons. The third-order valence-electron chi connectivity index (χ3n) is 1.54. The fraction of sp³-hybridized carbons (Fsp3) is 0.125. The van der Waals surface area contributed by atoms with Gasteiger partial charge in [0.15, 0.2) is 11.8 Å². The van der Waals surface area contributed by atoms with Crippen molar-refractivity contribution in [3.63, 3.8) is 0 Å². The Hall–Kier alpha value is -0.580. The Bertz CT molecular complexity index is 356. The van der Waals surface area contributed by atoms with Crippen molar-refractivity contribution in [3.05, 3.63) is 30.8 Å². The van der Waals surface area contributed by atoms with Gasteiger partial charge >= 0.3 is 0 Å². The largest absolute Gasteiger partial charge is 1.00 e. The third-order valence-corrected chi connectivity index (χ3v) is 1.54. The molecule has 2 rings (SSSR count). The van der Waals surface area contributed by atoms with Crippen LogP contribution in [0.5, 0.6) is 0 Å². The first-order valence-electron chi connectivity index (χ1n) is 3.19. The van der Waals surface area contributed by atoms with Crippen molar-refractivity contribution in [1.29, 1.82) is 0 Å². The van der Waals surface area contributed by atoms with Crippen LogP contribution in [-0.2, 0) is 7.05 Å². The molecular formula is C8H8INO. The maximum atomic E-state index is 5.18. The van der Waals surface area contributed by atoms with E-state index in [1.165, 1.54) is 0 Å². The predicted octanol–water partition coefficient (Wildman–Crippen LogP) is -1.74. The molecule has 0 aliphatic rings. The average molecular weight is 261 g/mol. The van der Waals surface area contributed by atoms with Crippen LogP contribution >= 0.6 is 0 Å². The highest BCUT2D eigenvalue weighted by atomic mass is 127. The highest BCUT2D eigenvalue weighted by Gasteiger charge is 1.98. The van der Waals surface area contributed by atoms with Gasteiger partial charge in [0, 0.05) is 11.5 Å². The number of halogens is 1. The van der Waals surface area contributed by atoms with Crippen molar-refractivity contribution >= 4 is 11.0 Å². The second-order valence-corrected chi connectivity index (χ2v) is 2.35. The SMILES string of the molecule is C[n+]1ccc2ccoc2c1.[I-]. The molecule has 0 saturated carbocycles. The van der Waals surface area contributed by atoms with Gasteiger partial charge in [-0.2, -0.15) is 0 Å². The Morgan fingerprint density at radius 2 is 2.18 bits per heavy atom. The summed E-state index contributed by atoms with van der Waals surface area (Å²) in [6, 6.07) is 3.98. The van der Waals surface area contributed by atoms with E-state index in [1.807, 2.05) is 36.1 Å². The zero-order valence-corrected chi connectivity index (χ0v) is 8.28. The molecule has 0 atom stereocenters. The number of pyridine rings is 1. The molecule has 58 valence electrons. The van der Waals surface area contributed by atoms with Crippen LogP contribution in [-0.4, -0.2) is 0 Å². The van der Waals surface area contributed by atoms with Gasteiger partial charge in [0.2, 0.25) is 6.20 Å². The molecule has 0 amide bonds. The van der Waals surface area contributed by atoms with Crippen LogP contribution in [0.15, 0.2) is 35.2 Å². The number of furan rings is 1. The molecule has 2 heterocycles. The van der Waals surface area contributed by atoms with Crippen molar-refractivity contribution in [1.82, 2.24) is 0 Å². The van der Waals surface area contributed by atoms with E-state index in [4.69, 9.17) is 4.42 Å². The second kappa shape index (κ2) is 3.21. The minimum atomic E-state index is 0. The van der Waals surface area contributed by atoms with Crippen molar-refractivity contribution in [3.8, 4) is 0 Å². The number of hydrogen-bond donors (Lipinski definition) is 0. The number of nitrogens with zero attached hydrogens (tertiary/aromatic N) is 1. The Balaban J connectivity index is 0.000000605. The van der Waals surface area contributed by atoms with E-state index in [0.29, 0.717) is 0 Å². The van der Waals surface area contributed by atoms with Gasteiger partial charge in [-0.1, -0.05) is 0 Å². The summed E-state index contributed by atoms with van der Waals surface area (Å²) in [6.07, 6.45) is 5.65. The lowest BCUT2D eigenvalue weighted by Gasteiger charge is -1.84. The van der Waals surface area contributed by atoms with Crippen LogP contribution in [0.1, 0.15) is 0 Å². The van der Waals surface area contributed by atoms with Gasteiger partial charge in [0.1, 0.15) is 7.05 Å². The van der Waals surface area contributed by atoms with E-state index in [-0.39, 0.29) is 24.0 Å². The van der Waals surface area contributed by atoms with Crippen LogP contribution in [0.2, 0.25) is 0 Å². The van der Waals surface area contributed by atoms with E-state index in [2.05, 4.69) is 0 Å². The molecule has 2 aromatic heterocycles. The van der Waals surface area contributed by atoms with Gasteiger partial charge < -0.3 is 28.4 Å². The molecule has 0 aromatic carbocycles. The average Bonchev–Trinajstić information content (AvgIpc) is 2.33. The van der Waals surface area contributed by atoms with Crippen LogP contribution in [0.25, 0.3) is 11.0 Å². The molecule has 0 saturated heterocycles. The molecule has 0 spiro atoms. The molecule has 0 bridgehead atoms. The molecule has 2 nitrogen and oxygen atoms in total. The highest BCUT2D eigenvalue weighted by molar-refractivity contribution is 5.74. The number of hydrogen-bond acceptors (Lipinski definition) is 1. The Morgan fingerprint density at radius 3 is 3.00 bits per heavy atom. The first-order chi connectivity index (χ1) is 4.86. The summed E-state index contributed by atoms with van der Waals surface area (Å²) in [5.74, 6) is 0. The first-order valence-corrected chi connectivity index (χ1v) is 3.19. The lowest BCUT2D eigenvalue weighted by atomic mass is 10.3. The van der Waals surface area contributed by atoms with E-state index in [0.717, 1.165) is 11.0 Å². The fourth-order valence-corrected chi connectivity index (χ4v) is 0.999. The quantitative estimate of drug-likeness (QED) is 0.406. The van der Waals surface area contributed by atoms with Gasteiger partial charge in [-0.05, 0) is 6.07 Å². The van der Waals surface area contributed by atoms with Crippen LogP contribution in [0, 0.1) is 0 Å². The van der Waals surface area contributed by atoms with E-state index < -0.39 is 0 Å². The second-order valence-electron chi connectivity index (χ2n) is 2.35. The standard InChI is InChI=1S/C8H8NO.HI/c1-9-4-2-7-3-5-10-8(7)6-9;/h2-6H,1H3;1H/q+1;/p-1. The summed E-state index contributed by atoms with van der Waals surface area (Å²) < 4.78 is 7.14. The number of fused-ring (bicyclic) bond motifs is 1. The molecule has 0 N–H and O–H groups in total. The topological polar surface area (TPSA) is 17.0 Å². The van der Waals surface area contributed by atoms with E-state index in [9.17, 15) is 0 Å². The van der Waals surface area contributed by atoms with Crippen LogP contribution in [0.3, 0.4) is 0 Å². The minimum absolute atomic E-state index is 0. The smallest absolute Gasteiger partial charge is 0.212 e. The first kappa shape index (κ1) is 8.52. The number of rotatable bonds is 0. The summed E-state index contributed by atoms with van der Waals surface area (Å²) in [4.78, 5) is 0. The predicted molar refractivity (Wildman–Crippen MR) is 37.4 cm³/mol. The van der Waals surface area contributed by atoms with Gasteiger partial charge in [0.25, 0.3) is 0 Å². The molecule has 0 fully saturated rings. The molecule has 0 aliphatic heterocycles. The number of aryl methyl sites for hydroxylation is 1. The normalized spacial score (nSPS) is 9.55. The molecule has 0 aliphatic carbocycles. The summed E-state index contributed by atoms with van der Waals surface area (Å²) in [7, 11) is 1.97. The summed E-state index contributed by atoms with van der Waals surface area (Å²) in [6.45, 7) is 0. The Morgan fingerprint density at radius 1 is 1.36 bits per heavy atom. The van der Waals surface area contributed by atoms with E-state index >= 15 is 0 Å². The zero-order valence-electron chi connectivity index (χ0n) is 6.12. The zero-order chi connectivity index (χ0) is 6.97. The Kier molecular flexibility index (Phi) is 2.49. The molecule has 0 unspecified atom stereocenters. The molecule has 11 heavy (non-hydrogen) atoms. The van der Waals surface area contributed by atoms with Crippen LogP contribution < -0.4 is 28.5 Å². The van der Waals surface area contributed by atoms with E-state index in [1.54, 1.807) is 6.26 Å². The minimum Gasteiger partial charge on any atom is -1.00 e. The third kappa shape index (κ3) is 1.53. The Labute approximate surface area is 81.8 Å². The summed E-state index contributed by atoms with van der Waals surface area (Å²) in [5, 5.41) is 1.15. The maximum absolute atomic E-state index is 5.18.